The molecular formula is C10H11FO. The van der Waals surface area contributed by atoms with Crippen molar-refractivity contribution in [1.82, 2.24) is 0 Å². The maximum atomic E-state index is 13.4. The molecule has 0 heterocycles. The molecule has 12 heavy (non-hydrogen) atoms. The Hall–Kier alpha value is -0.890. The van der Waals surface area contributed by atoms with E-state index in [-0.39, 0.29) is 11.9 Å². The van der Waals surface area contributed by atoms with Crippen molar-refractivity contribution in [3.05, 3.63) is 34.6 Å². The maximum Gasteiger partial charge on any atom is 0.129 e. The van der Waals surface area contributed by atoms with Crippen LogP contribution < -0.4 is 0 Å². The molecule has 0 aliphatic heterocycles. The number of benzene rings is 1. The van der Waals surface area contributed by atoms with Crippen molar-refractivity contribution in [2.24, 2.45) is 0 Å². The van der Waals surface area contributed by atoms with Crippen LogP contribution in [0.25, 0.3) is 0 Å². The lowest BCUT2D eigenvalue weighted by Crippen LogP contribution is -2.04. The Labute approximate surface area is 70.8 Å². The molecule has 2 rings (SSSR count). The molecule has 0 spiro atoms. The van der Waals surface area contributed by atoms with Crippen LogP contribution in [0.15, 0.2) is 12.1 Å². The first-order valence-electron chi connectivity index (χ1n) is 4.13. The lowest BCUT2D eigenvalue weighted by molar-refractivity contribution is 0.186. The summed E-state index contributed by atoms with van der Waals surface area (Å²) < 4.78 is 13.4. The average Bonchev–Trinajstić information content (AvgIpc) is 2.39. The van der Waals surface area contributed by atoms with Gasteiger partial charge in [-0.25, -0.2) is 4.39 Å². The summed E-state index contributed by atoms with van der Waals surface area (Å²) in [6.45, 7) is 1.75. The molecule has 1 nitrogen and oxygen atoms in total. The zero-order valence-corrected chi connectivity index (χ0v) is 6.97. The van der Waals surface area contributed by atoms with Crippen LogP contribution in [0.4, 0.5) is 4.39 Å². The van der Waals surface area contributed by atoms with Crippen molar-refractivity contribution in [1.29, 1.82) is 0 Å². The molecule has 1 aliphatic carbocycles. The van der Waals surface area contributed by atoms with Gasteiger partial charge in [-0.15, -0.1) is 0 Å². The number of aliphatic hydroxyl groups is 1. The van der Waals surface area contributed by atoms with Crippen LogP contribution in [0.5, 0.6) is 0 Å². The van der Waals surface area contributed by atoms with E-state index in [1.807, 2.05) is 6.07 Å². The molecule has 1 unspecified atom stereocenters. The molecular weight excluding hydrogens is 155 g/mol. The number of hydrogen-bond acceptors (Lipinski definition) is 1. The topological polar surface area (TPSA) is 20.2 Å². The van der Waals surface area contributed by atoms with Crippen LogP contribution in [0.3, 0.4) is 0 Å². The van der Waals surface area contributed by atoms with Crippen molar-refractivity contribution < 1.29 is 9.50 Å². The molecule has 1 aliphatic rings. The summed E-state index contributed by atoms with van der Waals surface area (Å²) in [5, 5.41) is 9.30. The number of aryl methyl sites for hydroxylation is 1. The van der Waals surface area contributed by atoms with E-state index < -0.39 is 0 Å². The summed E-state index contributed by atoms with van der Waals surface area (Å²) in [4.78, 5) is 0. The largest absolute Gasteiger partial charge is 0.392 e. The SMILES string of the molecule is Cc1ccc2c(c1F)CC(O)C2. The predicted octanol–water partition coefficient (Wildman–Crippen LogP) is 1.59. The van der Waals surface area contributed by atoms with Gasteiger partial charge in [0.05, 0.1) is 6.10 Å². The Morgan fingerprint density at radius 3 is 2.92 bits per heavy atom. The minimum Gasteiger partial charge on any atom is -0.392 e. The minimum absolute atomic E-state index is 0.135. The standard InChI is InChI=1S/C10H11FO/c1-6-2-3-7-4-8(12)5-9(7)10(6)11/h2-3,8,12H,4-5H2,1H3. The first-order valence-corrected chi connectivity index (χ1v) is 4.13. The van der Waals surface area contributed by atoms with Crippen molar-refractivity contribution >= 4 is 0 Å². The van der Waals surface area contributed by atoms with Gasteiger partial charge in [0.25, 0.3) is 0 Å². The van der Waals surface area contributed by atoms with Crippen molar-refractivity contribution in [2.75, 3.05) is 0 Å². The molecule has 1 aromatic carbocycles. The van der Waals surface area contributed by atoms with Gasteiger partial charge in [-0.2, -0.15) is 0 Å². The third-order valence-electron chi connectivity index (χ3n) is 2.43. The van der Waals surface area contributed by atoms with Gasteiger partial charge >= 0.3 is 0 Å². The van der Waals surface area contributed by atoms with E-state index in [2.05, 4.69) is 0 Å². The zero-order chi connectivity index (χ0) is 8.72. The smallest absolute Gasteiger partial charge is 0.129 e. The molecule has 1 atom stereocenters. The van der Waals surface area contributed by atoms with Gasteiger partial charge in [-0.1, -0.05) is 12.1 Å². The van der Waals surface area contributed by atoms with E-state index in [4.69, 9.17) is 0 Å². The van der Waals surface area contributed by atoms with E-state index in [1.165, 1.54) is 0 Å². The lowest BCUT2D eigenvalue weighted by atomic mass is 10.1. The molecule has 1 N–H and O–H groups in total. The highest BCUT2D eigenvalue weighted by Gasteiger charge is 2.22. The van der Waals surface area contributed by atoms with Crippen LogP contribution >= 0.6 is 0 Å². The fraction of sp³-hybridized carbons (Fsp3) is 0.400. The Balaban J connectivity index is 2.54. The highest BCUT2D eigenvalue weighted by Crippen LogP contribution is 2.26. The van der Waals surface area contributed by atoms with E-state index >= 15 is 0 Å². The Morgan fingerprint density at radius 2 is 2.17 bits per heavy atom. The molecule has 2 heteroatoms. The highest BCUT2D eigenvalue weighted by atomic mass is 19.1. The van der Waals surface area contributed by atoms with Crippen LogP contribution in [0, 0.1) is 12.7 Å². The first-order chi connectivity index (χ1) is 5.68. The van der Waals surface area contributed by atoms with E-state index in [1.54, 1.807) is 13.0 Å². The summed E-state index contributed by atoms with van der Waals surface area (Å²) >= 11 is 0. The summed E-state index contributed by atoms with van der Waals surface area (Å²) in [6.07, 6.45) is 0.700. The van der Waals surface area contributed by atoms with Gasteiger partial charge in [0.2, 0.25) is 0 Å². The van der Waals surface area contributed by atoms with Crippen LogP contribution in [0.2, 0.25) is 0 Å². The molecule has 0 radical (unpaired) electrons. The van der Waals surface area contributed by atoms with Crippen LogP contribution in [0.1, 0.15) is 16.7 Å². The molecule has 0 bridgehead atoms. The Morgan fingerprint density at radius 1 is 1.42 bits per heavy atom. The molecule has 0 saturated carbocycles. The first kappa shape index (κ1) is 7.74. The quantitative estimate of drug-likeness (QED) is 0.620. The number of hydrogen-bond donors (Lipinski definition) is 1. The monoisotopic (exact) mass is 166 g/mol. The fourth-order valence-corrected chi connectivity index (χ4v) is 1.75. The molecule has 0 fully saturated rings. The Bertz CT molecular complexity index is 320. The summed E-state index contributed by atoms with van der Waals surface area (Å²) in [7, 11) is 0. The zero-order valence-electron chi connectivity index (χ0n) is 6.97. The van der Waals surface area contributed by atoms with Gasteiger partial charge in [-0.05, 0) is 30.0 Å². The molecule has 0 amide bonds. The normalized spacial score (nSPS) is 21.1. The fourth-order valence-electron chi connectivity index (χ4n) is 1.75. The van der Waals surface area contributed by atoms with Crippen LogP contribution in [-0.4, -0.2) is 11.2 Å². The summed E-state index contributed by atoms with van der Waals surface area (Å²) in [5.74, 6) is -0.135. The average molecular weight is 166 g/mol. The van der Waals surface area contributed by atoms with Gasteiger partial charge < -0.3 is 5.11 Å². The molecule has 64 valence electrons. The molecule has 0 aromatic heterocycles. The second-order valence-electron chi connectivity index (χ2n) is 3.40. The summed E-state index contributed by atoms with van der Waals surface area (Å²) in [5.41, 5.74) is 2.34. The third kappa shape index (κ3) is 1.03. The van der Waals surface area contributed by atoms with Crippen molar-refractivity contribution in [2.45, 2.75) is 25.9 Å². The lowest BCUT2D eigenvalue weighted by Gasteiger charge is -2.02. The van der Waals surface area contributed by atoms with Gasteiger partial charge in [0, 0.05) is 6.42 Å². The number of rotatable bonds is 0. The van der Waals surface area contributed by atoms with Gasteiger partial charge in [0.15, 0.2) is 0 Å². The van der Waals surface area contributed by atoms with Crippen LogP contribution in [-0.2, 0) is 12.8 Å². The van der Waals surface area contributed by atoms with Gasteiger partial charge in [0.1, 0.15) is 5.82 Å². The Kier molecular flexibility index (Phi) is 1.65. The third-order valence-corrected chi connectivity index (χ3v) is 2.43. The number of aliphatic hydroxyl groups excluding tert-OH is 1. The number of fused-ring (bicyclic) bond motifs is 1. The van der Waals surface area contributed by atoms with Crippen molar-refractivity contribution in [3.8, 4) is 0 Å². The van der Waals surface area contributed by atoms with E-state index in [9.17, 15) is 9.50 Å². The minimum atomic E-state index is -0.378. The second kappa shape index (κ2) is 2.56. The second-order valence-corrected chi connectivity index (χ2v) is 3.40. The highest BCUT2D eigenvalue weighted by molar-refractivity contribution is 5.37. The predicted molar refractivity (Wildman–Crippen MR) is 44.6 cm³/mol. The maximum absolute atomic E-state index is 13.4. The molecule has 0 saturated heterocycles. The van der Waals surface area contributed by atoms with E-state index in [0.717, 1.165) is 5.56 Å². The van der Waals surface area contributed by atoms with Gasteiger partial charge in [-0.3, -0.25) is 0 Å². The molecule has 1 aromatic rings. The van der Waals surface area contributed by atoms with Crippen molar-refractivity contribution in [3.63, 3.8) is 0 Å². The van der Waals surface area contributed by atoms with E-state index in [0.29, 0.717) is 24.0 Å². The number of halogens is 1. The summed E-state index contributed by atoms with van der Waals surface area (Å²) in [6, 6.07) is 3.68.